The highest BCUT2D eigenvalue weighted by Gasteiger charge is 2.32. The zero-order valence-corrected chi connectivity index (χ0v) is 12.5. The van der Waals surface area contributed by atoms with Gasteiger partial charge in [-0.1, -0.05) is 6.92 Å². The second-order valence-corrected chi connectivity index (χ2v) is 5.78. The third-order valence-electron chi connectivity index (χ3n) is 3.62. The smallest absolute Gasteiger partial charge is 0.257 e. The number of halogens is 1. The van der Waals surface area contributed by atoms with E-state index in [2.05, 4.69) is 10.3 Å². The Bertz CT molecular complexity index is 520. The van der Waals surface area contributed by atoms with E-state index in [0.29, 0.717) is 25.9 Å². The summed E-state index contributed by atoms with van der Waals surface area (Å²) in [7, 11) is 0. The van der Waals surface area contributed by atoms with Crippen LogP contribution in [0.15, 0.2) is 12.3 Å². The lowest BCUT2D eigenvalue weighted by Gasteiger charge is -2.36. The van der Waals surface area contributed by atoms with Gasteiger partial charge in [0.25, 0.3) is 5.91 Å². The topological polar surface area (TPSA) is 65.5 Å². The van der Waals surface area contributed by atoms with E-state index in [1.54, 1.807) is 6.92 Å². The molecule has 0 radical (unpaired) electrons. The Morgan fingerprint density at radius 1 is 1.62 bits per heavy atom. The Morgan fingerprint density at radius 3 is 3.05 bits per heavy atom. The molecule has 2 N–H and O–H groups in total. The Kier molecular flexibility index (Phi) is 4.77. The number of piperidine rings is 1. The molecule has 1 aromatic rings. The van der Waals surface area contributed by atoms with Crippen LogP contribution >= 0.6 is 0 Å². The zero-order valence-electron chi connectivity index (χ0n) is 12.5. The Hall–Kier alpha value is -1.69. The molecule has 0 bridgehead atoms. The van der Waals surface area contributed by atoms with Crippen molar-refractivity contribution in [1.29, 1.82) is 0 Å². The molecule has 0 saturated carbocycles. The number of pyridine rings is 1. The lowest BCUT2D eigenvalue weighted by Crippen LogP contribution is -2.48. The fraction of sp³-hybridized carbons (Fsp3) is 0.600. The Labute approximate surface area is 124 Å². The fourth-order valence-corrected chi connectivity index (χ4v) is 2.54. The van der Waals surface area contributed by atoms with E-state index in [4.69, 9.17) is 0 Å². The molecule has 1 atom stereocenters. The minimum Gasteiger partial charge on any atom is -0.388 e. The summed E-state index contributed by atoms with van der Waals surface area (Å²) >= 11 is 0. The zero-order chi connectivity index (χ0) is 15.5. The molecule has 21 heavy (non-hydrogen) atoms. The Morgan fingerprint density at radius 2 is 2.38 bits per heavy atom. The maximum atomic E-state index is 14.4. The standard InChI is InChI=1S/C15H22FN3O2/c1-3-7-17-13-12(16)11(5-8-18-13)14(20)19-9-4-6-15(2,21)10-19/h5,8,21H,3-4,6-7,9-10H2,1-2H3,(H,17,18). The van der Waals surface area contributed by atoms with Gasteiger partial charge in [0.15, 0.2) is 11.6 Å². The summed E-state index contributed by atoms with van der Waals surface area (Å²) in [5.74, 6) is -0.915. The van der Waals surface area contributed by atoms with E-state index in [0.717, 1.165) is 6.42 Å². The van der Waals surface area contributed by atoms with Gasteiger partial charge < -0.3 is 15.3 Å². The third-order valence-corrected chi connectivity index (χ3v) is 3.62. The van der Waals surface area contributed by atoms with Crippen LogP contribution in [0.2, 0.25) is 0 Å². The van der Waals surface area contributed by atoms with E-state index < -0.39 is 17.3 Å². The number of nitrogens with zero attached hydrogens (tertiary/aromatic N) is 2. The summed E-state index contributed by atoms with van der Waals surface area (Å²) in [6.07, 6.45) is 3.63. The van der Waals surface area contributed by atoms with Gasteiger partial charge in [-0.15, -0.1) is 0 Å². The van der Waals surface area contributed by atoms with Gasteiger partial charge in [-0.2, -0.15) is 0 Å². The lowest BCUT2D eigenvalue weighted by atomic mass is 9.94. The molecule has 1 saturated heterocycles. The molecule has 6 heteroatoms. The van der Waals surface area contributed by atoms with Crippen molar-refractivity contribution in [3.8, 4) is 0 Å². The number of amides is 1. The van der Waals surface area contributed by atoms with Gasteiger partial charge in [-0.05, 0) is 32.3 Å². The molecular weight excluding hydrogens is 273 g/mol. The van der Waals surface area contributed by atoms with E-state index >= 15 is 0 Å². The fourth-order valence-electron chi connectivity index (χ4n) is 2.54. The van der Waals surface area contributed by atoms with E-state index in [1.807, 2.05) is 6.92 Å². The summed E-state index contributed by atoms with van der Waals surface area (Å²) in [6.45, 7) is 5.03. The molecule has 2 heterocycles. The number of anilines is 1. The summed E-state index contributed by atoms with van der Waals surface area (Å²) in [5, 5.41) is 12.9. The first-order valence-electron chi connectivity index (χ1n) is 7.34. The molecule has 2 rings (SSSR count). The molecule has 1 unspecified atom stereocenters. The monoisotopic (exact) mass is 295 g/mol. The van der Waals surface area contributed by atoms with E-state index in [-0.39, 0.29) is 17.9 Å². The third kappa shape index (κ3) is 3.69. The van der Waals surface area contributed by atoms with Crippen molar-refractivity contribution < 1.29 is 14.3 Å². The minimum atomic E-state index is -0.902. The number of aromatic nitrogens is 1. The average Bonchev–Trinajstić information content (AvgIpc) is 2.44. The number of rotatable bonds is 4. The van der Waals surface area contributed by atoms with Crippen molar-refractivity contribution in [2.75, 3.05) is 25.0 Å². The van der Waals surface area contributed by atoms with Gasteiger partial charge in [0.1, 0.15) is 0 Å². The number of carbonyl (C=O) groups excluding carboxylic acids is 1. The van der Waals surface area contributed by atoms with Crippen molar-refractivity contribution in [2.45, 2.75) is 38.7 Å². The van der Waals surface area contributed by atoms with Crippen LogP contribution in [0.5, 0.6) is 0 Å². The highest BCUT2D eigenvalue weighted by molar-refractivity contribution is 5.95. The first-order valence-corrected chi connectivity index (χ1v) is 7.34. The van der Waals surface area contributed by atoms with Crippen molar-refractivity contribution in [1.82, 2.24) is 9.88 Å². The van der Waals surface area contributed by atoms with Crippen LogP contribution < -0.4 is 5.32 Å². The number of likely N-dealkylation sites (tertiary alicyclic amines) is 1. The largest absolute Gasteiger partial charge is 0.388 e. The van der Waals surface area contributed by atoms with Crippen molar-refractivity contribution >= 4 is 11.7 Å². The SMILES string of the molecule is CCCNc1nccc(C(=O)N2CCCC(C)(O)C2)c1F. The van der Waals surface area contributed by atoms with E-state index in [1.165, 1.54) is 17.2 Å². The van der Waals surface area contributed by atoms with Crippen LogP contribution in [0.4, 0.5) is 10.2 Å². The van der Waals surface area contributed by atoms with Crippen molar-refractivity contribution in [2.24, 2.45) is 0 Å². The molecule has 1 aromatic heterocycles. The predicted octanol–water partition coefficient (Wildman–Crippen LogP) is 2.03. The van der Waals surface area contributed by atoms with Crippen molar-refractivity contribution in [3.63, 3.8) is 0 Å². The molecule has 1 aliphatic heterocycles. The molecule has 1 aliphatic rings. The van der Waals surface area contributed by atoms with Gasteiger partial charge in [0.05, 0.1) is 11.2 Å². The molecule has 0 aliphatic carbocycles. The molecule has 116 valence electrons. The minimum absolute atomic E-state index is 0.00121. The summed E-state index contributed by atoms with van der Waals surface area (Å²) in [4.78, 5) is 17.9. The van der Waals surface area contributed by atoms with Gasteiger partial charge >= 0.3 is 0 Å². The number of carbonyl (C=O) groups is 1. The molecular formula is C15H22FN3O2. The Balaban J connectivity index is 2.19. The summed E-state index contributed by atoms with van der Waals surface area (Å²) < 4.78 is 14.4. The number of β-amino-alcohol motifs (C(OH)–C–C–N with tert-alkyl or cyclic N) is 1. The average molecular weight is 295 g/mol. The normalized spacial score (nSPS) is 22.2. The van der Waals surface area contributed by atoms with Crippen LogP contribution in [0, 0.1) is 5.82 Å². The van der Waals surface area contributed by atoms with Gasteiger partial charge in [0.2, 0.25) is 0 Å². The number of hydrogen-bond donors (Lipinski definition) is 2. The number of hydrogen-bond acceptors (Lipinski definition) is 4. The highest BCUT2D eigenvalue weighted by atomic mass is 19.1. The number of aliphatic hydroxyl groups is 1. The first kappa shape index (κ1) is 15.7. The molecule has 0 spiro atoms. The van der Waals surface area contributed by atoms with Crippen LogP contribution in [0.3, 0.4) is 0 Å². The van der Waals surface area contributed by atoms with E-state index in [9.17, 15) is 14.3 Å². The van der Waals surface area contributed by atoms with Gasteiger partial charge in [-0.25, -0.2) is 9.37 Å². The second kappa shape index (κ2) is 6.39. The summed E-state index contributed by atoms with van der Waals surface area (Å²) in [6, 6.07) is 1.39. The quantitative estimate of drug-likeness (QED) is 0.892. The first-order chi connectivity index (χ1) is 9.94. The molecule has 5 nitrogen and oxygen atoms in total. The maximum Gasteiger partial charge on any atom is 0.257 e. The van der Waals surface area contributed by atoms with Crippen LogP contribution in [0.1, 0.15) is 43.5 Å². The van der Waals surface area contributed by atoms with Crippen LogP contribution in [-0.2, 0) is 0 Å². The molecule has 0 aromatic carbocycles. The highest BCUT2D eigenvalue weighted by Crippen LogP contribution is 2.23. The van der Waals surface area contributed by atoms with Crippen LogP contribution in [-0.4, -0.2) is 46.1 Å². The second-order valence-electron chi connectivity index (χ2n) is 5.78. The number of nitrogens with one attached hydrogen (secondary N) is 1. The van der Waals surface area contributed by atoms with Gasteiger partial charge in [-0.3, -0.25) is 4.79 Å². The maximum absolute atomic E-state index is 14.4. The lowest BCUT2D eigenvalue weighted by molar-refractivity contribution is -0.0109. The molecule has 1 fully saturated rings. The predicted molar refractivity (Wildman–Crippen MR) is 78.7 cm³/mol. The van der Waals surface area contributed by atoms with Crippen molar-refractivity contribution in [3.05, 3.63) is 23.6 Å². The summed E-state index contributed by atoms with van der Waals surface area (Å²) in [5.41, 5.74) is -0.901. The van der Waals surface area contributed by atoms with Crippen LogP contribution in [0.25, 0.3) is 0 Å². The molecule has 1 amide bonds. The van der Waals surface area contributed by atoms with Gasteiger partial charge in [0, 0.05) is 25.8 Å².